The van der Waals surface area contributed by atoms with Crippen LogP contribution in [0.1, 0.15) is 57.2 Å². The number of hydrogen-bond acceptors (Lipinski definition) is 4. The van der Waals surface area contributed by atoms with E-state index >= 15 is 0 Å². The van der Waals surface area contributed by atoms with Crippen molar-refractivity contribution >= 4 is 11.6 Å². The van der Waals surface area contributed by atoms with E-state index in [0.717, 1.165) is 16.7 Å². The van der Waals surface area contributed by atoms with Gasteiger partial charge in [0.15, 0.2) is 11.6 Å². The number of carbonyl (C=O) groups is 2. The summed E-state index contributed by atoms with van der Waals surface area (Å²) in [5.74, 6) is -0.918. The van der Waals surface area contributed by atoms with Crippen molar-refractivity contribution in [3.63, 3.8) is 0 Å². The van der Waals surface area contributed by atoms with Crippen molar-refractivity contribution in [2.24, 2.45) is 0 Å². The minimum Gasteiger partial charge on any atom is -0.371 e. The predicted molar refractivity (Wildman–Crippen MR) is 135 cm³/mol. The Morgan fingerprint density at radius 1 is 0.735 bits per heavy atom. The number of allylic oxidation sites excluding steroid dienone is 2. The summed E-state index contributed by atoms with van der Waals surface area (Å²) in [5, 5.41) is 10.9. The minimum absolute atomic E-state index is 0.174. The van der Waals surface area contributed by atoms with Crippen LogP contribution < -0.4 is 0 Å². The van der Waals surface area contributed by atoms with Gasteiger partial charge in [-0.15, -0.1) is 0 Å². The van der Waals surface area contributed by atoms with Crippen molar-refractivity contribution in [3.05, 3.63) is 130 Å². The number of carbonyl (C=O) groups excluding carboxylic acids is 2. The second-order valence-corrected chi connectivity index (χ2v) is 9.18. The minimum atomic E-state index is -1.31. The maximum absolute atomic E-state index is 13.8. The third-order valence-corrected chi connectivity index (χ3v) is 6.36. The van der Waals surface area contributed by atoms with E-state index in [9.17, 15) is 14.7 Å². The number of Topliss-reactive ketones (excluding diaryl/α,β-unsaturated/α-hetero) is 2. The second-order valence-electron chi connectivity index (χ2n) is 9.18. The summed E-state index contributed by atoms with van der Waals surface area (Å²) >= 11 is 0. The van der Waals surface area contributed by atoms with Crippen LogP contribution in [0.3, 0.4) is 0 Å². The molecule has 0 amide bonds. The molecule has 3 aromatic carbocycles. The summed E-state index contributed by atoms with van der Waals surface area (Å²) in [5.41, 5.74) is 3.68. The number of hydrogen-bond donors (Lipinski definition) is 1. The quantitative estimate of drug-likeness (QED) is 0.470. The summed E-state index contributed by atoms with van der Waals surface area (Å²) in [7, 11) is 0. The van der Waals surface area contributed by atoms with E-state index in [1.807, 2.05) is 68.4 Å². The van der Waals surface area contributed by atoms with Crippen molar-refractivity contribution < 1.29 is 14.7 Å². The lowest BCUT2D eigenvalue weighted by atomic mass is 9.76. The van der Waals surface area contributed by atoms with Crippen LogP contribution in [-0.2, 0) is 0 Å². The Bertz CT molecular complexity index is 1210. The smallest absolute Gasteiger partial charge is 0.191 e. The molecule has 34 heavy (non-hydrogen) atoms. The van der Waals surface area contributed by atoms with Gasteiger partial charge in [0.05, 0.1) is 0 Å². The van der Waals surface area contributed by atoms with E-state index in [0.29, 0.717) is 22.3 Å². The second kappa shape index (κ2) is 9.24. The van der Waals surface area contributed by atoms with E-state index in [4.69, 9.17) is 0 Å². The Labute approximate surface area is 200 Å². The molecule has 0 bridgehead atoms. The molecule has 3 aromatic rings. The van der Waals surface area contributed by atoms with Gasteiger partial charge >= 0.3 is 0 Å². The lowest BCUT2D eigenvalue weighted by molar-refractivity contribution is -0.0253. The molecule has 0 saturated heterocycles. The molecule has 0 spiro atoms. The molecule has 4 heteroatoms. The fraction of sp³-hybridized carbons (Fsp3) is 0.200. The van der Waals surface area contributed by atoms with Crippen molar-refractivity contribution in [1.82, 2.24) is 4.90 Å². The maximum Gasteiger partial charge on any atom is 0.191 e. The van der Waals surface area contributed by atoms with Gasteiger partial charge in [-0.2, -0.15) is 0 Å². The SMILES string of the molecule is Cc1cccc(C2C(C(=O)c3ccccc3)=CN(C(C)(C)O)C=C2C(=O)c2ccccc2)c1C. The van der Waals surface area contributed by atoms with Crippen LogP contribution in [0.2, 0.25) is 0 Å². The molecule has 1 heterocycles. The first-order chi connectivity index (χ1) is 16.2. The third-order valence-electron chi connectivity index (χ3n) is 6.36. The van der Waals surface area contributed by atoms with Crippen molar-refractivity contribution in [3.8, 4) is 0 Å². The number of rotatable bonds is 6. The van der Waals surface area contributed by atoms with E-state index in [1.165, 1.54) is 0 Å². The highest BCUT2D eigenvalue weighted by Gasteiger charge is 2.37. The molecule has 4 rings (SSSR count). The standard InChI is InChI=1S/C30H29NO3/c1-20-12-11-17-24(21(20)2)27-25(28(32)22-13-7-5-8-14-22)18-31(30(3,4)34)19-26(27)29(33)23-15-9-6-10-16-23/h5-19,27,34H,1-4H3. The highest BCUT2D eigenvalue weighted by Crippen LogP contribution is 2.41. The molecule has 1 aliphatic heterocycles. The summed E-state index contributed by atoms with van der Waals surface area (Å²) in [6, 6.07) is 24.1. The molecule has 0 aromatic heterocycles. The fourth-order valence-corrected chi connectivity index (χ4v) is 4.28. The Kier molecular flexibility index (Phi) is 6.36. The zero-order valence-corrected chi connectivity index (χ0v) is 19.9. The van der Waals surface area contributed by atoms with Crippen LogP contribution in [0.15, 0.2) is 102 Å². The van der Waals surface area contributed by atoms with Crippen LogP contribution in [0, 0.1) is 13.8 Å². The highest BCUT2D eigenvalue weighted by atomic mass is 16.3. The lowest BCUT2D eigenvalue weighted by Crippen LogP contribution is -2.40. The summed E-state index contributed by atoms with van der Waals surface area (Å²) in [6.45, 7) is 7.30. The van der Waals surface area contributed by atoms with E-state index in [-0.39, 0.29) is 11.6 Å². The number of aliphatic hydroxyl groups is 1. The van der Waals surface area contributed by atoms with E-state index in [1.54, 1.807) is 55.4 Å². The Morgan fingerprint density at radius 2 is 1.21 bits per heavy atom. The average molecular weight is 452 g/mol. The Hall–Kier alpha value is -3.76. The van der Waals surface area contributed by atoms with Crippen LogP contribution in [0.5, 0.6) is 0 Å². The summed E-state index contributed by atoms with van der Waals surface area (Å²) in [4.78, 5) is 29.2. The molecular formula is C30H29NO3. The van der Waals surface area contributed by atoms with Gasteiger partial charge < -0.3 is 10.0 Å². The van der Waals surface area contributed by atoms with Gasteiger partial charge in [0.2, 0.25) is 0 Å². The molecule has 1 N–H and O–H groups in total. The van der Waals surface area contributed by atoms with Crippen LogP contribution in [-0.4, -0.2) is 27.3 Å². The summed E-state index contributed by atoms with van der Waals surface area (Å²) in [6.07, 6.45) is 3.37. The first kappa shape index (κ1) is 23.4. The molecule has 0 unspecified atom stereocenters. The molecule has 0 atom stereocenters. The predicted octanol–water partition coefficient (Wildman–Crippen LogP) is 5.96. The lowest BCUT2D eigenvalue weighted by Gasteiger charge is -2.38. The topological polar surface area (TPSA) is 57.6 Å². The molecule has 0 aliphatic carbocycles. The Balaban J connectivity index is 1.96. The van der Waals surface area contributed by atoms with Gasteiger partial charge in [0.1, 0.15) is 5.72 Å². The third kappa shape index (κ3) is 4.50. The number of aryl methyl sites for hydroxylation is 1. The van der Waals surface area contributed by atoms with Gasteiger partial charge in [0.25, 0.3) is 0 Å². The largest absolute Gasteiger partial charge is 0.371 e. The molecular weight excluding hydrogens is 422 g/mol. The van der Waals surface area contributed by atoms with Crippen LogP contribution >= 0.6 is 0 Å². The summed E-state index contributed by atoms with van der Waals surface area (Å²) < 4.78 is 0. The first-order valence-corrected chi connectivity index (χ1v) is 11.4. The molecule has 4 nitrogen and oxygen atoms in total. The molecule has 0 fully saturated rings. The fourth-order valence-electron chi connectivity index (χ4n) is 4.28. The van der Waals surface area contributed by atoms with Crippen molar-refractivity contribution in [2.45, 2.75) is 39.3 Å². The molecule has 0 radical (unpaired) electrons. The van der Waals surface area contributed by atoms with Gasteiger partial charge in [-0.3, -0.25) is 9.59 Å². The van der Waals surface area contributed by atoms with Gasteiger partial charge in [-0.1, -0.05) is 78.9 Å². The zero-order valence-electron chi connectivity index (χ0n) is 19.9. The monoisotopic (exact) mass is 451 g/mol. The highest BCUT2D eigenvalue weighted by molar-refractivity contribution is 6.15. The Morgan fingerprint density at radius 3 is 1.65 bits per heavy atom. The van der Waals surface area contributed by atoms with E-state index < -0.39 is 11.6 Å². The maximum atomic E-state index is 13.8. The number of benzene rings is 3. The molecule has 172 valence electrons. The normalized spacial score (nSPS) is 14.4. The first-order valence-electron chi connectivity index (χ1n) is 11.4. The number of ketones is 2. The van der Waals surface area contributed by atoms with Crippen LogP contribution in [0.4, 0.5) is 0 Å². The van der Waals surface area contributed by atoms with Crippen molar-refractivity contribution in [2.75, 3.05) is 0 Å². The molecule has 0 saturated carbocycles. The van der Waals surface area contributed by atoms with Crippen LogP contribution in [0.25, 0.3) is 0 Å². The van der Waals surface area contributed by atoms with Gasteiger partial charge in [0, 0.05) is 40.6 Å². The van der Waals surface area contributed by atoms with Crippen molar-refractivity contribution in [1.29, 1.82) is 0 Å². The average Bonchev–Trinajstić information content (AvgIpc) is 2.84. The number of nitrogens with zero attached hydrogens (tertiary/aromatic N) is 1. The molecule has 1 aliphatic rings. The zero-order chi connectivity index (χ0) is 24.5. The van der Waals surface area contributed by atoms with Gasteiger partial charge in [-0.25, -0.2) is 0 Å². The van der Waals surface area contributed by atoms with Gasteiger partial charge in [-0.05, 0) is 44.4 Å². The van der Waals surface area contributed by atoms with E-state index in [2.05, 4.69) is 0 Å².